The highest BCUT2D eigenvalue weighted by molar-refractivity contribution is 7.98. The minimum Gasteiger partial charge on any atom is -0.383 e. The van der Waals surface area contributed by atoms with Gasteiger partial charge in [-0.3, -0.25) is 4.79 Å². The van der Waals surface area contributed by atoms with E-state index in [9.17, 15) is 4.79 Å². The maximum absolute atomic E-state index is 12.8. The summed E-state index contributed by atoms with van der Waals surface area (Å²) in [6.07, 6.45) is 2.53. The third-order valence-corrected chi connectivity index (χ3v) is 5.78. The molecule has 1 aliphatic rings. The van der Waals surface area contributed by atoms with Gasteiger partial charge in [-0.05, 0) is 36.6 Å². The van der Waals surface area contributed by atoms with Crippen molar-refractivity contribution in [3.63, 3.8) is 0 Å². The molecule has 0 saturated carbocycles. The van der Waals surface area contributed by atoms with Crippen LogP contribution >= 0.6 is 11.8 Å². The highest BCUT2D eigenvalue weighted by atomic mass is 32.2. The summed E-state index contributed by atoms with van der Waals surface area (Å²) in [5, 5.41) is 0. The fraction of sp³-hybridized carbons (Fsp3) is 0.333. The Morgan fingerprint density at radius 2 is 2.07 bits per heavy atom. The number of ether oxygens (including phenoxy) is 1. The summed E-state index contributed by atoms with van der Waals surface area (Å²) in [5.41, 5.74) is 3.03. The van der Waals surface area contributed by atoms with Crippen LogP contribution in [-0.4, -0.2) is 42.0 Å². The maximum Gasteiger partial charge on any atom is 0.227 e. The molecule has 0 bridgehead atoms. The van der Waals surface area contributed by atoms with Crippen LogP contribution < -0.4 is 4.90 Å². The van der Waals surface area contributed by atoms with Crippen molar-refractivity contribution in [1.82, 2.24) is 9.55 Å². The lowest BCUT2D eigenvalue weighted by molar-refractivity contribution is -0.117. The summed E-state index contributed by atoms with van der Waals surface area (Å²) in [6.45, 7) is 2.01. The molecule has 1 aromatic heterocycles. The van der Waals surface area contributed by atoms with Gasteiger partial charge in [-0.1, -0.05) is 18.2 Å². The van der Waals surface area contributed by atoms with Gasteiger partial charge in [-0.25, -0.2) is 4.98 Å². The number of thioether (sulfide) groups is 1. The number of nitrogens with zero attached hydrogens (tertiary/aromatic N) is 3. The quantitative estimate of drug-likeness (QED) is 0.607. The monoisotopic (exact) mass is 381 g/mol. The number of hydrogen-bond donors (Lipinski definition) is 0. The summed E-state index contributed by atoms with van der Waals surface area (Å²) >= 11 is 1.69. The summed E-state index contributed by atoms with van der Waals surface area (Å²) in [6, 6.07) is 16.3. The zero-order valence-electron chi connectivity index (χ0n) is 15.6. The number of benzene rings is 2. The van der Waals surface area contributed by atoms with Gasteiger partial charge in [0.2, 0.25) is 5.91 Å². The Morgan fingerprint density at radius 1 is 1.22 bits per heavy atom. The van der Waals surface area contributed by atoms with Crippen molar-refractivity contribution in [2.24, 2.45) is 0 Å². The van der Waals surface area contributed by atoms with E-state index in [-0.39, 0.29) is 11.8 Å². The van der Waals surface area contributed by atoms with E-state index >= 15 is 0 Å². The van der Waals surface area contributed by atoms with Crippen molar-refractivity contribution in [2.45, 2.75) is 23.8 Å². The first kappa shape index (κ1) is 18.1. The predicted molar refractivity (Wildman–Crippen MR) is 110 cm³/mol. The third-order valence-electron chi connectivity index (χ3n) is 5.06. The number of hydrogen-bond acceptors (Lipinski definition) is 4. The van der Waals surface area contributed by atoms with Crippen molar-refractivity contribution < 1.29 is 9.53 Å². The van der Waals surface area contributed by atoms with Crippen molar-refractivity contribution in [1.29, 1.82) is 0 Å². The molecule has 1 fully saturated rings. The normalized spacial score (nSPS) is 17.2. The third kappa shape index (κ3) is 3.47. The zero-order chi connectivity index (χ0) is 18.8. The van der Waals surface area contributed by atoms with Gasteiger partial charge < -0.3 is 14.2 Å². The minimum atomic E-state index is 0.0830. The largest absolute Gasteiger partial charge is 0.383 e. The van der Waals surface area contributed by atoms with Crippen molar-refractivity contribution in [2.75, 3.05) is 31.4 Å². The van der Waals surface area contributed by atoms with Gasteiger partial charge in [0.1, 0.15) is 5.82 Å². The Labute approximate surface area is 163 Å². The Bertz CT molecular complexity index is 969. The first-order valence-corrected chi connectivity index (χ1v) is 10.3. The fourth-order valence-electron chi connectivity index (χ4n) is 3.73. The average Bonchev–Trinajstić information content (AvgIpc) is 3.27. The van der Waals surface area contributed by atoms with E-state index in [4.69, 9.17) is 9.72 Å². The van der Waals surface area contributed by atoms with E-state index in [0.717, 1.165) is 34.0 Å². The van der Waals surface area contributed by atoms with Crippen LogP contribution in [0.3, 0.4) is 0 Å². The molecular formula is C21H23N3O2S. The number of methoxy groups -OCH3 is 1. The second-order valence-corrected chi connectivity index (χ2v) is 7.59. The molecule has 4 rings (SSSR count). The number of carbonyl (C=O) groups is 1. The molecule has 5 nitrogen and oxygen atoms in total. The molecule has 0 spiro atoms. The molecule has 0 aliphatic carbocycles. The first-order chi connectivity index (χ1) is 13.2. The lowest BCUT2D eigenvalue weighted by atomic mass is 10.1. The number of aromatic nitrogens is 2. The van der Waals surface area contributed by atoms with E-state index in [1.807, 2.05) is 41.5 Å². The summed E-state index contributed by atoms with van der Waals surface area (Å²) in [4.78, 5) is 20.7. The number of anilines is 1. The number of imidazole rings is 1. The van der Waals surface area contributed by atoms with Crippen molar-refractivity contribution in [3.8, 4) is 0 Å². The number of carbonyl (C=O) groups excluding carboxylic acids is 1. The second kappa shape index (κ2) is 7.74. The van der Waals surface area contributed by atoms with Crippen LogP contribution in [-0.2, 0) is 16.1 Å². The van der Waals surface area contributed by atoms with Crippen LogP contribution in [0.15, 0.2) is 53.4 Å². The summed E-state index contributed by atoms with van der Waals surface area (Å²) in [5.74, 6) is 1.22. The van der Waals surface area contributed by atoms with Gasteiger partial charge in [0, 0.05) is 43.1 Å². The van der Waals surface area contributed by atoms with Gasteiger partial charge >= 0.3 is 0 Å². The molecule has 1 amide bonds. The number of amides is 1. The molecule has 1 aliphatic heterocycles. The molecule has 3 aromatic rings. The second-order valence-electron chi connectivity index (χ2n) is 6.71. The molecule has 2 aromatic carbocycles. The molecular weight excluding hydrogens is 358 g/mol. The highest BCUT2D eigenvalue weighted by Crippen LogP contribution is 2.34. The molecule has 1 atom stereocenters. The number of fused-ring (bicyclic) bond motifs is 1. The Morgan fingerprint density at radius 3 is 2.89 bits per heavy atom. The SMILES string of the molecule is COCCn1c([C@@H]2CC(=O)N(c3cccc(SC)c3)C2)nc2ccccc21. The minimum absolute atomic E-state index is 0.0830. The van der Waals surface area contributed by atoms with Gasteiger partial charge in [0.15, 0.2) is 0 Å². The summed E-state index contributed by atoms with van der Waals surface area (Å²) < 4.78 is 7.50. The molecule has 0 N–H and O–H groups in total. The van der Waals surface area contributed by atoms with Crippen LogP contribution in [0.25, 0.3) is 11.0 Å². The molecule has 27 heavy (non-hydrogen) atoms. The van der Waals surface area contributed by atoms with Crippen molar-refractivity contribution in [3.05, 3.63) is 54.4 Å². The van der Waals surface area contributed by atoms with Gasteiger partial charge in [0.05, 0.1) is 17.6 Å². The smallest absolute Gasteiger partial charge is 0.227 e. The molecule has 1 saturated heterocycles. The lowest BCUT2D eigenvalue weighted by Gasteiger charge is -2.18. The number of rotatable bonds is 6. The molecule has 6 heteroatoms. The van der Waals surface area contributed by atoms with Crippen LogP contribution in [0.1, 0.15) is 18.2 Å². The number of para-hydroxylation sites is 2. The van der Waals surface area contributed by atoms with Gasteiger partial charge in [-0.15, -0.1) is 11.8 Å². The Kier molecular flexibility index (Phi) is 5.18. The van der Waals surface area contributed by atoms with E-state index < -0.39 is 0 Å². The lowest BCUT2D eigenvalue weighted by Crippen LogP contribution is -2.24. The molecule has 0 unspecified atom stereocenters. The maximum atomic E-state index is 12.8. The molecule has 2 heterocycles. The average molecular weight is 382 g/mol. The fourth-order valence-corrected chi connectivity index (χ4v) is 4.19. The highest BCUT2D eigenvalue weighted by Gasteiger charge is 2.34. The van der Waals surface area contributed by atoms with Crippen LogP contribution in [0.5, 0.6) is 0 Å². The summed E-state index contributed by atoms with van der Waals surface area (Å²) in [7, 11) is 1.71. The first-order valence-electron chi connectivity index (χ1n) is 9.09. The van der Waals surface area contributed by atoms with Crippen LogP contribution in [0, 0.1) is 0 Å². The van der Waals surface area contributed by atoms with Gasteiger partial charge in [-0.2, -0.15) is 0 Å². The Hall–Kier alpha value is -2.31. The van der Waals surface area contributed by atoms with E-state index in [1.54, 1.807) is 18.9 Å². The zero-order valence-corrected chi connectivity index (χ0v) is 16.4. The Balaban J connectivity index is 1.67. The van der Waals surface area contributed by atoms with Gasteiger partial charge in [0.25, 0.3) is 0 Å². The molecule has 0 radical (unpaired) electrons. The molecule has 140 valence electrons. The van der Waals surface area contributed by atoms with Crippen LogP contribution in [0.2, 0.25) is 0 Å². The van der Waals surface area contributed by atoms with E-state index in [2.05, 4.69) is 22.8 Å². The van der Waals surface area contributed by atoms with E-state index in [0.29, 0.717) is 19.6 Å². The van der Waals surface area contributed by atoms with Crippen LogP contribution in [0.4, 0.5) is 5.69 Å². The predicted octanol–water partition coefficient (Wildman–Crippen LogP) is 3.93. The standard InChI is InChI=1S/C21H23N3O2S/c1-26-11-10-23-19-9-4-3-8-18(19)22-21(23)15-12-20(25)24(14-15)16-6-5-7-17(13-16)27-2/h3-9,13,15H,10-12,14H2,1-2H3/t15-/m1/s1. The van der Waals surface area contributed by atoms with E-state index in [1.165, 1.54) is 0 Å². The topological polar surface area (TPSA) is 47.4 Å². The van der Waals surface area contributed by atoms with Crippen molar-refractivity contribution >= 4 is 34.4 Å².